The molecule has 2 heterocycles. The van der Waals surface area contributed by atoms with Crippen LogP contribution in [-0.2, 0) is 0 Å². The van der Waals surface area contributed by atoms with Crippen LogP contribution in [0.4, 0.5) is 5.69 Å². The SMILES string of the molecule is O=C(NN1CCN(c2ccc(O)cc2)CC1)c1cccnc1. The number of phenolic OH excluding ortho intramolecular Hbond substituents is 1. The first kappa shape index (κ1) is 14.3. The number of anilines is 1. The molecule has 2 aromatic rings. The van der Waals surface area contributed by atoms with Gasteiger partial charge in [0, 0.05) is 44.3 Å². The van der Waals surface area contributed by atoms with Crippen molar-refractivity contribution in [2.45, 2.75) is 0 Å². The van der Waals surface area contributed by atoms with E-state index in [2.05, 4.69) is 15.3 Å². The van der Waals surface area contributed by atoms with Gasteiger partial charge in [0.1, 0.15) is 5.75 Å². The molecule has 3 rings (SSSR count). The van der Waals surface area contributed by atoms with Crippen LogP contribution in [-0.4, -0.2) is 47.2 Å². The molecule has 6 heteroatoms. The van der Waals surface area contributed by atoms with Gasteiger partial charge in [-0.25, -0.2) is 5.01 Å². The fourth-order valence-electron chi connectivity index (χ4n) is 2.45. The van der Waals surface area contributed by atoms with E-state index in [9.17, 15) is 9.90 Å². The number of benzene rings is 1. The topological polar surface area (TPSA) is 68.7 Å². The molecule has 0 atom stereocenters. The van der Waals surface area contributed by atoms with Crippen molar-refractivity contribution in [2.24, 2.45) is 0 Å². The molecule has 114 valence electrons. The largest absolute Gasteiger partial charge is 0.508 e. The lowest BCUT2D eigenvalue weighted by Gasteiger charge is -2.36. The molecule has 0 radical (unpaired) electrons. The summed E-state index contributed by atoms with van der Waals surface area (Å²) in [5, 5.41) is 11.2. The van der Waals surface area contributed by atoms with Gasteiger partial charge in [-0.05, 0) is 36.4 Å². The Kier molecular flexibility index (Phi) is 4.20. The van der Waals surface area contributed by atoms with Crippen LogP contribution in [0.2, 0.25) is 0 Å². The maximum atomic E-state index is 12.1. The first-order valence-electron chi connectivity index (χ1n) is 7.22. The number of piperazine rings is 1. The number of hydrazine groups is 1. The molecule has 6 nitrogen and oxygen atoms in total. The van der Waals surface area contributed by atoms with E-state index in [1.54, 1.807) is 36.7 Å². The minimum atomic E-state index is -0.133. The van der Waals surface area contributed by atoms with Crippen LogP contribution in [0.1, 0.15) is 10.4 Å². The molecule has 1 amide bonds. The molecule has 0 aliphatic carbocycles. The third-order valence-corrected chi connectivity index (χ3v) is 3.68. The van der Waals surface area contributed by atoms with Gasteiger partial charge < -0.3 is 10.0 Å². The summed E-state index contributed by atoms with van der Waals surface area (Å²) in [6.45, 7) is 3.12. The Morgan fingerprint density at radius 1 is 1.09 bits per heavy atom. The molecule has 22 heavy (non-hydrogen) atoms. The minimum absolute atomic E-state index is 0.133. The number of nitrogens with one attached hydrogen (secondary N) is 1. The lowest BCUT2D eigenvalue weighted by atomic mass is 10.2. The van der Waals surface area contributed by atoms with E-state index < -0.39 is 0 Å². The Balaban J connectivity index is 1.53. The quantitative estimate of drug-likeness (QED) is 0.892. The van der Waals surface area contributed by atoms with Gasteiger partial charge >= 0.3 is 0 Å². The van der Waals surface area contributed by atoms with Crippen LogP contribution >= 0.6 is 0 Å². The number of hydrogen-bond acceptors (Lipinski definition) is 5. The van der Waals surface area contributed by atoms with Gasteiger partial charge in [0.05, 0.1) is 5.56 Å². The second-order valence-electron chi connectivity index (χ2n) is 5.17. The van der Waals surface area contributed by atoms with Crippen molar-refractivity contribution >= 4 is 11.6 Å². The zero-order valence-corrected chi connectivity index (χ0v) is 12.1. The number of nitrogens with zero attached hydrogens (tertiary/aromatic N) is 3. The van der Waals surface area contributed by atoms with Gasteiger partial charge in [-0.2, -0.15) is 0 Å². The summed E-state index contributed by atoms with van der Waals surface area (Å²) in [6, 6.07) is 10.7. The molecular weight excluding hydrogens is 280 g/mol. The first-order valence-corrected chi connectivity index (χ1v) is 7.22. The van der Waals surface area contributed by atoms with Gasteiger partial charge in [0.15, 0.2) is 0 Å². The smallest absolute Gasteiger partial charge is 0.267 e. The van der Waals surface area contributed by atoms with Crippen LogP contribution in [0.3, 0.4) is 0 Å². The standard InChI is InChI=1S/C16H18N4O2/c21-15-5-3-14(4-6-15)19-8-10-20(11-9-19)18-16(22)13-2-1-7-17-12-13/h1-7,12,21H,8-11H2,(H,18,22). The van der Waals surface area contributed by atoms with Crippen LogP contribution in [0.15, 0.2) is 48.8 Å². The van der Waals surface area contributed by atoms with Crippen molar-refractivity contribution < 1.29 is 9.90 Å². The van der Waals surface area contributed by atoms with E-state index in [-0.39, 0.29) is 11.7 Å². The number of phenols is 1. The van der Waals surface area contributed by atoms with Crippen LogP contribution in [0.5, 0.6) is 5.75 Å². The number of rotatable bonds is 3. The third kappa shape index (κ3) is 3.35. The summed E-state index contributed by atoms with van der Waals surface area (Å²) < 4.78 is 0. The van der Waals surface area contributed by atoms with Crippen molar-refractivity contribution in [1.82, 2.24) is 15.4 Å². The highest BCUT2D eigenvalue weighted by Crippen LogP contribution is 2.19. The van der Waals surface area contributed by atoms with Crippen molar-refractivity contribution in [2.75, 3.05) is 31.1 Å². The fourth-order valence-corrected chi connectivity index (χ4v) is 2.45. The normalized spacial score (nSPS) is 15.5. The van der Waals surface area contributed by atoms with Crippen molar-refractivity contribution in [1.29, 1.82) is 0 Å². The van der Waals surface area contributed by atoms with Crippen LogP contribution in [0.25, 0.3) is 0 Å². The van der Waals surface area contributed by atoms with Crippen molar-refractivity contribution in [3.63, 3.8) is 0 Å². The Morgan fingerprint density at radius 3 is 2.45 bits per heavy atom. The summed E-state index contributed by atoms with van der Waals surface area (Å²) >= 11 is 0. The lowest BCUT2D eigenvalue weighted by molar-refractivity contribution is 0.0777. The van der Waals surface area contributed by atoms with E-state index >= 15 is 0 Å². The number of carbonyl (C=O) groups excluding carboxylic acids is 1. The highest BCUT2D eigenvalue weighted by Gasteiger charge is 2.19. The zero-order valence-electron chi connectivity index (χ0n) is 12.1. The second kappa shape index (κ2) is 6.44. The number of hydrogen-bond donors (Lipinski definition) is 2. The average molecular weight is 298 g/mol. The van der Waals surface area contributed by atoms with Gasteiger partial charge in [-0.1, -0.05) is 0 Å². The predicted molar refractivity (Wildman–Crippen MR) is 83.6 cm³/mol. The molecule has 1 saturated heterocycles. The van der Waals surface area contributed by atoms with E-state index in [4.69, 9.17) is 0 Å². The molecule has 0 bridgehead atoms. The predicted octanol–water partition coefficient (Wildman–Crippen LogP) is 1.25. The molecule has 1 aliphatic heterocycles. The van der Waals surface area contributed by atoms with Crippen LogP contribution < -0.4 is 10.3 Å². The number of amides is 1. The summed E-state index contributed by atoms with van der Waals surface area (Å²) in [6.07, 6.45) is 3.20. The van der Waals surface area contributed by atoms with Gasteiger partial charge in [-0.15, -0.1) is 0 Å². The third-order valence-electron chi connectivity index (χ3n) is 3.68. The number of carbonyl (C=O) groups is 1. The van der Waals surface area contributed by atoms with E-state index in [1.165, 1.54) is 0 Å². The van der Waals surface area contributed by atoms with Gasteiger partial charge in [0.25, 0.3) is 5.91 Å². The molecule has 2 N–H and O–H groups in total. The molecule has 0 unspecified atom stereocenters. The Labute approximate surface area is 129 Å². The highest BCUT2D eigenvalue weighted by molar-refractivity contribution is 5.93. The molecule has 1 aromatic carbocycles. The van der Waals surface area contributed by atoms with Crippen molar-refractivity contribution in [3.8, 4) is 5.75 Å². The molecule has 1 aromatic heterocycles. The maximum absolute atomic E-state index is 12.1. The van der Waals surface area contributed by atoms with E-state index in [0.717, 1.165) is 31.9 Å². The average Bonchev–Trinajstić information content (AvgIpc) is 2.57. The first-order chi connectivity index (χ1) is 10.7. The summed E-state index contributed by atoms with van der Waals surface area (Å²) in [5.41, 5.74) is 4.54. The van der Waals surface area contributed by atoms with Gasteiger partial charge in [0.2, 0.25) is 0 Å². The molecule has 0 spiro atoms. The Morgan fingerprint density at radius 2 is 1.82 bits per heavy atom. The van der Waals surface area contributed by atoms with Gasteiger partial charge in [-0.3, -0.25) is 15.2 Å². The lowest BCUT2D eigenvalue weighted by Crippen LogP contribution is -2.53. The monoisotopic (exact) mass is 298 g/mol. The molecular formula is C16H18N4O2. The fraction of sp³-hybridized carbons (Fsp3) is 0.250. The summed E-state index contributed by atoms with van der Waals surface area (Å²) in [7, 11) is 0. The summed E-state index contributed by atoms with van der Waals surface area (Å²) in [5.74, 6) is 0.136. The highest BCUT2D eigenvalue weighted by atomic mass is 16.3. The minimum Gasteiger partial charge on any atom is -0.508 e. The van der Waals surface area contributed by atoms with E-state index in [1.807, 2.05) is 17.1 Å². The number of aromatic hydroxyl groups is 1. The van der Waals surface area contributed by atoms with Crippen LogP contribution in [0, 0.1) is 0 Å². The Hall–Kier alpha value is -2.60. The second-order valence-corrected chi connectivity index (χ2v) is 5.17. The number of pyridine rings is 1. The van der Waals surface area contributed by atoms with E-state index in [0.29, 0.717) is 5.56 Å². The zero-order chi connectivity index (χ0) is 15.4. The molecule has 0 saturated carbocycles. The molecule has 1 fully saturated rings. The van der Waals surface area contributed by atoms with Crippen molar-refractivity contribution in [3.05, 3.63) is 54.4 Å². The Bertz CT molecular complexity index is 622. The number of aromatic nitrogens is 1. The summed E-state index contributed by atoms with van der Waals surface area (Å²) in [4.78, 5) is 18.2. The maximum Gasteiger partial charge on any atom is 0.267 e. The molecule has 1 aliphatic rings.